The van der Waals surface area contributed by atoms with Crippen LogP contribution in [0.2, 0.25) is 0 Å². The molecule has 2 amide bonds. The average Bonchev–Trinajstić information content (AvgIpc) is 2.97. The monoisotopic (exact) mass is 297 g/mol. The van der Waals surface area contributed by atoms with Crippen LogP contribution in [0.15, 0.2) is 11.6 Å². The highest BCUT2D eigenvalue weighted by molar-refractivity contribution is 7.09. The van der Waals surface area contributed by atoms with Gasteiger partial charge in [-0.2, -0.15) is 0 Å². The zero-order chi connectivity index (χ0) is 14.4. The summed E-state index contributed by atoms with van der Waals surface area (Å²) in [6.45, 7) is 1.88. The van der Waals surface area contributed by atoms with Gasteiger partial charge in [0.05, 0.1) is 5.01 Å². The molecular weight excluding hydrogens is 278 g/mol. The molecule has 1 aliphatic rings. The van der Waals surface area contributed by atoms with Gasteiger partial charge < -0.3 is 15.3 Å². The Hall–Kier alpha value is -1.63. The van der Waals surface area contributed by atoms with Crippen molar-refractivity contribution in [3.63, 3.8) is 0 Å². The van der Waals surface area contributed by atoms with Crippen molar-refractivity contribution in [2.45, 2.75) is 31.6 Å². The lowest BCUT2D eigenvalue weighted by Crippen LogP contribution is -2.44. The lowest BCUT2D eigenvalue weighted by molar-refractivity contribution is -0.137. The number of carboxylic acids is 1. The van der Waals surface area contributed by atoms with Crippen LogP contribution < -0.4 is 5.32 Å². The SMILES string of the molecule is O=C(O)CCCNC(=O)N1CCC(c2nccs2)CC1. The summed E-state index contributed by atoms with van der Waals surface area (Å²) in [5.41, 5.74) is 0. The Morgan fingerprint density at radius 1 is 1.45 bits per heavy atom. The third kappa shape index (κ3) is 4.19. The lowest BCUT2D eigenvalue weighted by atomic mass is 9.98. The maximum absolute atomic E-state index is 11.9. The maximum Gasteiger partial charge on any atom is 0.317 e. The fourth-order valence-corrected chi connectivity index (χ4v) is 3.12. The van der Waals surface area contributed by atoms with Gasteiger partial charge in [-0.25, -0.2) is 9.78 Å². The van der Waals surface area contributed by atoms with Gasteiger partial charge in [-0.05, 0) is 19.3 Å². The predicted octanol–water partition coefficient (Wildman–Crippen LogP) is 1.90. The molecule has 0 atom stereocenters. The Labute approximate surface area is 121 Å². The third-order valence-corrected chi connectivity index (χ3v) is 4.36. The van der Waals surface area contributed by atoms with Crippen LogP contribution in [-0.2, 0) is 4.79 Å². The minimum absolute atomic E-state index is 0.0897. The normalized spacial score (nSPS) is 16.1. The number of hydrogen-bond donors (Lipinski definition) is 2. The molecular formula is C13H19N3O3S. The molecule has 20 heavy (non-hydrogen) atoms. The molecule has 0 spiro atoms. The molecule has 0 aliphatic carbocycles. The first-order chi connectivity index (χ1) is 9.66. The molecule has 6 nitrogen and oxygen atoms in total. The largest absolute Gasteiger partial charge is 0.481 e. The number of aliphatic carboxylic acids is 1. The van der Waals surface area contributed by atoms with Gasteiger partial charge >= 0.3 is 12.0 Å². The summed E-state index contributed by atoms with van der Waals surface area (Å²) < 4.78 is 0. The molecule has 0 unspecified atom stereocenters. The number of piperidine rings is 1. The summed E-state index contributed by atoms with van der Waals surface area (Å²) in [6, 6.07) is -0.0898. The Kier molecular flexibility index (Phi) is 5.34. The van der Waals surface area contributed by atoms with Gasteiger partial charge in [0, 0.05) is 43.5 Å². The second-order valence-electron chi connectivity index (χ2n) is 4.86. The van der Waals surface area contributed by atoms with E-state index < -0.39 is 5.97 Å². The number of urea groups is 1. The second kappa shape index (κ2) is 7.23. The number of likely N-dealkylation sites (tertiary alicyclic amines) is 1. The molecule has 2 rings (SSSR count). The Morgan fingerprint density at radius 3 is 2.80 bits per heavy atom. The number of aromatic nitrogens is 1. The average molecular weight is 297 g/mol. The van der Waals surface area contributed by atoms with Gasteiger partial charge in [0.15, 0.2) is 0 Å². The molecule has 2 N–H and O–H groups in total. The van der Waals surface area contributed by atoms with Crippen molar-refractivity contribution in [3.05, 3.63) is 16.6 Å². The van der Waals surface area contributed by atoms with E-state index in [2.05, 4.69) is 10.3 Å². The zero-order valence-electron chi connectivity index (χ0n) is 11.2. The number of carboxylic acid groups (broad SMARTS) is 1. The van der Waals surface area contributed by atoms with Crippen LogP contribution >= 0.6 is 11.3 Å². The summed E-state index contributed by atoms with van der Waals surface area (Å²) >= 11 is 1.67. The molecule has 1 saturated heterocycles. The maximum atomic E-state index is 11.9. The molecule has 7 heteroatoms. The van der Waals surface area contributed by atoms with Crippen LogP contribution in [0.4, 0.5) is 4.79 Å². The third-order valence-electron chi connectivity index (χ3n) is 3.43. The molecule has 0 bridgehead atoms. The highest BCUT2D eigenvalue weighted by atomic mass is 32.1. The highest BCUT2D eigenvalue weighted by Crippen LogP contribution is 2.29. The summed E-state index contributed by atoms with van der Waals surface area (Å²) in [7, 11) is 0. The van der Waals surface area contributed by atoms with Crippen molar-refractivity contribution in [2.75, 3.05) is 19.6 Å². The van der Waals surface area contributed by atoms with Crippen molar-refractivity contribution < 1.29 is 14.7 Å². The minimum atomic E-state index is -0.830. The molecule has 0 radical (unpaired) electrons. The van der Waals surface area contributed by atoms with Gasteiger partial charge in [-0.15, -0.1) is 11.3 Å². The molecule has 110 valence electrons. The lowest BCUT2D eigenvalue weighted by Gasteiger charge is -2.31. The van der Waals surface area contributed by atoms with Gasteiger partial charge in [-0.1, -0.05) is 0 Å². The Bertz CT molecular complexity index is 442. The van der Waals surface area contributed by atoms with Crippen LogP contribution in [0.5, 0.6) is 0 Å². The van der Waals surface area contributed by atoms with E-state index in [-0.39, 0.29) is 12.5 Å². The van der Waals surface area contributed by atoms with Gasteiger partial charge in [-0.3, -0.25) is 4.79 Å². The van der Waals surface area contributed by atoms with E-state index in [9.17, 15) is 9.59 Å². The highest BCUT2D eigenvalue weighted by Gasteiger charge is 2.24. The molecule has 1 fully saturated rings. The summed E-state index contributed by atoms with van der Waals surface area (Å²) in [5.74, 6) is -0.366. The quantitative estimate of drug-likeness (QED) is 0.813. The summed E-state index contributed by atoms with van der Waals surface area (Å²) in [5, 5.41) is 14.4. The number of carbonyl (C=O) groups excluding carboxylic acids is 1. The number of thiazole rings is 1. The van der Waals surface area contributed by atoms with Gasteiger partial charge in [0.2, 0.25) is 0 Å². The Morgan fingerprint density at radius 2 is 2.20 bits per heavy atom. The van der Waals surface area contributed by atoms with Crippen LogP contribution in [0.25, 0.3) is 0 Å². The molecule has 2 heterocycles. The number of carbonyl (C=O) groups is 2. The first-order valence-electron chi connectivity index (χ1n) is 6.81. The molecule has 0 aromatic carbocycles. The first kappa shape index (κ1) is 14.8. The van der Waals surface area contributed by atoms with E-state index in [1.165, 1.54) is 0 Å². The number of amides is 2. The summed E-state index contributed by atoms with van der Waals surface area (Å²) in [6.07, 6.45) is 4.26. The zero-order valence-corrected chi connectivity index (χ0v) is 12.1. The van der Waals surface area contributed by atoms with Crippen LogP contribution in [-0.4, -0.2) is 46.6 Å². The first-order valence-corrected chi connectivity index (χ1v) is 7.68. The van der Waals surface area contributed by atoms with E-state index in [0.717, 1.165) is 30.9 Å². The van der Waals surface area contributed by atoms with Crippen molar-refractivity contribution in [2.24, 2.45) is 0 Å². The smallest absolute Gasteiger partial charge is 0.317 e. The van der Waals surface area contributed by atoms with Crippen LogP contribution in [0, 0.1) is 0 Å². The Balaban J connectivity index is 1.68. The van der Waals surface area contributed by atoms with E-state index in [1.54, 1.807) is 16.2 Å². The standard InChI is InChI=1S/C13H19N3O3S/c17-11(18)2-1-5-15-13(19)16-7-3-10(4-8-16)12-14-6-9-20-12/h6,9-10H,1-5,7-8H2,(H,15,19)(H,17,18). The van der Waals surface area contributed by atoms with Gasteiger partial charge in [0.1, 0.15) is 0 Å². The van der Waals surface area contributed by atoms with Crippen LogP contribution in [0.1, 0.15) is 36.6 Å². The second-order valence-corrected chi connectivity index (χ2v) is 5.79. The van der Waals surface area contributed by atoms with Crippen molar-refractivity contribution in [3.8, 4) is 0 Å². The molecule has 1 aliphatic heterocycles. The van der Waals surface area contributed by atoms with Crippen molar-refractivity contribution in [1.29, 1.82) is 0 Å². The van der Waals surface area contributed by atoms with Crippen molar-refractivity contribution >= 4 is 23.3 Å². The number of nitrogens with one attached hydrogen (secondary N) is 1. The number of nitrogens with zero attached hydrogens (tertiary/aromatic N) is 2. The van der Waals surface area contributed by atoms with E-state index in [4.69, 9.17) is 5.11 Å². The minimum Gasteiger partial charge on any atom is -0.481 e. The molecule has 1 aromatic heterocycles. The fourth-order valence-electron chi connectivity index (χ4n) is 2.31. The topological polar surface area (TPSA) is 82.5 Å². The predicted molar refractivity (Wildman–Crippen MR) is 75.9 cm³/mol. The number of rotatable bonds is 5. The molecule has 1 aromatic rings. The van der Waals surface area contributed by atoms with Gasteiger partial charge in [0.25, 0.3) is 0 Å². The van der Waals surface area contributed by atoms with Crippen LogP contribution in [0.3, 0.4) is 0 Å². The fraction of sp³-hybridized carbons (Fsp3) is 0.615. The number of hydrogen-bond acceptors (Lipinski definition) is 4. The molecule has 0 saturated carbocycles. The van der Waals surface area contributed by atoms with E-state index in [1.807, 2.05) is 11.6 Å². The summed E-state index contributed by atoms with van der Waals surface area (Å²) in [4.78, 5) is 28.4. The van der Waals surface area contributed by atoms with Crippen molar-refractivity contribution in [1.82, 2.24) is 15.2 Å². The van der Waals surface area contributed by atoms with E-state index in [0.29, 0.717) is 18.9 Å². The van der Waals surface area contributed by atoms with E-state index >= 15 is 0 Å².